The lowest BCUT2D eigenvalue weighted by molar-refractivity contribution is 0.182. The van der Waals surface area contributed by atoms with Gasteiger partial charge in [0, 0.05) is 12.8 Å². The molecule has 1 aliphatic rings. The molecular formula is C21H41N3. The van der Waals surface area contributed by atoms with E-state index in [1.807, 2.05) is 6.21 Å². The van der Waals surface area contributed by atoms with Crippen LogP contribution in [-0.2, 0) is 0 Å². The van der Waals surface area contributed by atoms with Crippen LogP contribution in [0.3, 0.4) is 0 Å². The molecule has 0 aromatic rings. The van der Waals surface area contributed by atoms with E-state index in [1.54, 1.807) is 0 Å². The van der Waals surface area contributed by atoms with Gasteiger partial charge in [-0.05, 0) is 39.5 Å². The van der Waals surface area contributed by atoms with Gasteiger partial charge in [-0.3, -0.25) is 9.89 Å². The van der Waals surface area contributed by atoms with Crippen LogP contribution in [0.2, 0.25) is 0 Å². The average molecular weight is 336 g/mol. The zero-order valence-corrected chi connectivity index (χ0v) is 16.3. The van der Waals surface area contributed by atoms with Gasteiger partial charge in [0.25, 0.3) is 0 Å². The highest BCUT2D eigenvalue weighted by Gasteiger charge is 2.22. The van der Waals surface area contributed by atoms with E-state index in [2.05, 4.69) is 35.9 Å². The van der Waals surface area contributed by atoms with Crippen molar-refractivity contribution in [2.45, 2.75) is 110 Å². The minimum atomic E-state index is 0.126. The highest BCUT2D eigenvalue weighted by molar-refractivity contribution is 5.62. The Bertz CT molecular complexity index is 336. The van der Waals surface area contributed by atoms with Crippen molar-refractivity contribution in [3.63, 3.8) is 0 Å². The van der Waals surface area contributed by atoms with Gasteiger partial charge in [0.15, 0.2) is 0 Å². The number of hydrogen-bond donors (Lipinski definition) is 1. The zero-order valence-electron chi connectivity index (χ0n) is 16.3. The van der Waals surface area contributed by atoms with Gasteiger partial charge in [-0.15, -0.1) is 0 Å². The van der Waals surface area contributed by atoms with E-state index in [-0.39, 0.29) is 6.17 Å². The summed E-state index contributed by atoms with van der Waals surface area (Å²) >= 11 is 0. The van der Waals surface area contributed by atoms with Crippen molar-refractivity contribution in [1.29, 1.82) is 0 Å². The fourth-order valence-corrected chi connectivity index (χ4v) is 3.50. The van der Waals surface area contributed by atoms with Crippen LogP contribution in [0, 0.1) is 0 Å². The first-order valence-corrected chi connectivity index (χ1v) is 10.4. The van der Waals surface area contributed by atoms with Crippen molar-refractivity contribution in [3.05, 3.63) is 12.2 Å². The van der Waals surface area contributed by atoms with Crippen LogP contribution < -0.4 is 5.73 Å². The van der Waals surface area contributed by atoms with Gasteiger partial charge < -0.3 is 5.73 Å². The molecule has 1 rings (SSSR count). The summed E-state index contributed by atoms with van der Waals surface area (Å²) in [4.78, 5) is 6.84. The van der Waals surface area contributed by atoms with Gasteiger partial charge >= 0.3 is 0 Å². The Kier molecular flexibility index (Phi) is 13.1. The SMILES string of the molecule is C/C=C/CCCCCCCCCCCCCC1N=CCN1C(C)N. The van der Waals surface area contributed by atoms with Crippen molar-refractivity contribution in [2.75, 3.05) is 6.54 Å². The van der Waals surface area contributed by atoms with E-state index in [4.69, 9.17) is 5.73 Å². The highest BCUT2D eigenvalue weighted by Crippen LogP contribution is 2.17. The first kappa shape index (κ1) is 21.4. The number of rotatable bonds is 15. The summed E-state index contributed by atoms with van der Waals surface area (Å²) < 4.78 is 0. The minimum absolute atomic E-state index is 0.126. The Morgan fingerprint density at radius 1 is 1.00 bits per heavy atom. The van der Waals surface area contributed by atoms with Crippen molar-refractivity contribution in [3.8, 4) is 0 Å². The van der Waals surface area contributed by atoms with E-state index in [9.17, 15) is 0 Å². The molecule has 0 aromatic carbocycles. The predicted molar refractivity (Wildman–Crippen MR) is 107 cm³/mol. The lowest BCUT2D eigenvalue weighted by Gasteiger charge is -2.26. The van der Waals surface area contributed by atoms with Crippen LogP contribution in [0.4, 0.5) is 0 Å². The predicted octanol–water partition coefficient (Wildman–Crippen LogP) is 5.65. The van der Waals surface area contributed by atoms with Gasteiger partial charge in [0.2, 0.25) is 0 Å². The maximum Gasteiger partial charge on any atom is 0.103 e. The molecular weight excluding hydrogens is 294 g/mol. The smallest absolute Gasteiger partial charge is 0.103 e. The summed E-state index contributed by atoms with van der Waals surface area (Å²) in [7, 11) is 0. The molecule has 3 heteroatoms. The number of aliphatic imine (C=N–C) groups is 1. The van der Waals surface area contributed by atoms with E-state index >= 15 is 0 Å². The number of hydrogen-bond acceptors (Lipinski definition) is 3. The second kappa shape index (κ2) is 14.7. The summed E-state index contributed by atoms with van der Waals surface area (Å²) in [6.07, 6.45) is 24.7. The highest BCUT2D eigenvalue weighted by atomic mass is 15.3. The van der Waals surface area contributed by atoms with Crippen LogP contribution in [0.15, 0.2) is 17.1 Å². The van der Waals surface area contributed by atoms with Crippen LogP contribution in [-0.4, -0.2) is 30.0 Å². The Morgan fingerprint density at radius 3 is 2.08 bits per heavy atom. The Morgan fingerprint density at radius 2 is 1.54 bits per heavy atom. The van der Waals surface area contributed by atoms with Crippen LogP contribution in [0.5, 0.6) is 0 Å². The normalized spacial score (nSPS) is 19.5. The quantitative estimate of drug-likeness (QED) is 0.310. The third-order valence-corrected chi connectivity index (χ3v) is 5.04. The van der Waals surface area contributed by atoms with Gasteiger partial charge in [-0.2, -0.15) is 0 Å². The first-order valence-electron chi connectivity index (χ1n) is 10.4. The molecule has 0 saturated carbocycles. The molecule has 2 unspecified atom stereocenters. The van der Waals surface area contributed by atoms with E-state index < -0.39 is 0 Å². The molecule has 0 saturated heterocycles. The number of unbranched alkanes of at least 4 members (excludes halogenated alkanes) is 11. The standard InChI is InChI=1S/C21H41N3/c1-3-4-5-6-7-8-9-10-11-12-13-14-15-16-17-21-23-18-19-24(21)20(2)22/h3-4,18,20-21H,5-17,19,22H2,1-2H3/b4-3+. The molecule has 0 spiro atoms. The summed E-state index contributed by atoms with van der Waals surface area (Å²) in [5, 5.41) is 0. The van der Waals surface area contributed by atoms with Crippen LogP contribution in [0.1, 0.15) is 97.3 Å². The van der Waals surface area contributed by atoms with Crippen molar-refractivity contribution >= 4 is 6.21 Å². The second-order valence-electron chi connectivity index (χ2n) is 7.29. The molecule has 24 heavy (non-hydrogen) atoms. The monoisotopic (exact) mass is 335 g/mol. The maximum absolute atomic E-state index is 5.98. The lowest BCUT2D eigenvalue weighted by atomic mass is 10.0. The van der Waals surface area contributed by atoms with E-state index in [0.29, 0.717) is 6.17 Å². The molecule has 1 aliphatic heterocycles. The van der Waals surface area contributed by atoms with Crippen molar-refractivity contribution in [2.24, 2.45) is 10.7 Å². The third-order valence-electron chi connectivity index (χ3n) is 5.04. The molecule has 3 nitrogen and oxygen atoms in total. The number of allylic oxidation sites excluding steroid dienone is 2. The fraction of sp³-hybridized carbons (Fsp3) is 0.857. The third kappa shape index (κ3) is 10.2. The van der Waals surface area contributed by atoms with E-state index in [0.717, 1.165) is 6.54 Å². The maximum atomic E-state index is 5.98. The minimum Gasteiger partial charge on any atom is -0.316 e. The molecule has 2 atom stereocenters. The molecule has 0 aromatic heterocycles. The average Bonchev–Trinajstić information content (AvgIpc) is 3.04. The van der Waals surface area contributed by atoms with Crippen molar-refractivity contribution in [1.82, 2.24) is 4.90 Å². The summed E-state index contributed by atoms with van der Waals surface area (Å²) in [6.45, 7) is 5.10. The summed E-state index contributed by atoms with van der Waals surface area (Å²) in [6, 6.07) is 0. The number of nitrogens with zero attached hydrogens (tertiary/aromatic N) is 2. The molecule has 0 aliphatic carbocycles. The topological polar surface area (TPSA) is 41.6 Å². The molecule has 0 fully saturated rings. The Labute approximate surface area is 150 Å². The lowest BCUT2D eigenvalue weighted by Crippen LogP contribution is -2.43. The zero-order chi connectivity index (χ0) is 17.5. The second-order valence-corrected chi connectivity index (χ2v) is 7.29. The largest absolute Gasteiger partial charge is 0.316 e. The Hall–Kier alpha value is -0.670. The molecule has 0 bridgehead atoms. The van der Waals surface area contributed by atoms with Gasteiger partial charge in [-0.25, -0.2) is 0 Å². The van der Waals surface area contributed by atoms with Gasteiger partial charge in [0.1, 0.15) is 6.17 Å². The molecule has 140 valence electrons. The molecule has 0 radical (unpaired) electrons. The number of nitrogens with two attached hydrogens (primary N) is 1. The van der Waals surface area contributed by atoms with Crippen LogP contribution in [0.25, 0.3) is 0 Å². The van der Waals surface area contributed by atoms with Gasteiger partial charge in [0.05, 0.1) is 6.17 Å². The molecule has 0 amide bonds. The molecule has 2 N–H and O–H groups in total. The van der Waals surface area contributed by atoms with Crippen molar-refractivity contribution < 1.29 is 0 Å². The van der Waals surface area contributed by atoms with Gasteiger partial charge in [-0.1, -0.05) is 69.9 Å². The Balaban J connectivity index is 1.80. The first-order chi connectivity index (χ1) is 11.8. The molecule has 1 heterocycles. The van der Waals surface area contributed by atoms with Crippen LogP contribution >= 0.6 is 0 Å². The summed E-state index contributed by atoms with van der Waals surface area (Å²) in [5.41, 5.74) is 5.98. The summed E-state index contributed by atoms with van der Waals surface area (Å²) in [5.74, 6) is 0. The van der Waals surface area contributed by atoms with E-state index in [1.165, 1.54) is 83.5 Å². The fourth-order valence-electron chi connectivity index (χ4n) is 3.50.